The molecule has 29 heavy (non-hydrogen) atoms. The monoisotopic (exact) mass is 408 g/mol. The first-order valence-electron chi connectivity index (χ1n) is 11.5. The third-order valence-corrected chi connectivity index (χ3v) is 4.95. The topological polar surface area (TPSA) is 43.4 Å². The van der Waals surface area contributed by atoms with Gasteiger partial charge in [-0.25, -0.2) is 0 Å². The van der Waals surface area contributed by atoms with E-state index < -0.39 is 0 Å². The van der Waals surface area contributed by atoms with Crippen LogP contribution in [0.4, 0.5) is 0 Å². The highest BCUT2D eigenvalue weighted by molar-refractivity contribution is 5.52. The van der Waals surface area contributed by atoms with Crippen LogP contribution in [0, 0.1) is 17.8 Å². The summed E-state index contributed by atoms with van der Waals surface area (Å²) >= 11 is 0. The molecule has 0 aliphatic heterocycles. The van der Waals surface area contributed by atoms with Gasteiger partial charge in [0.2, 0.25) is 0 Å². The molecule has 0 spiro atoms. The first-order chi connectivity index (χ1) is 13.7. The maximum absolute atomic E-state index is 10.4. The number of allylic oxidation sites excluding steroid dienone is 4. The normalized spacial score (nSPS) is 13.3. The minimum atomic E-state index is 0.237. The molecule has 170 valence electrons. The molecule has 0 aliphatic carbocycles. The molecule has 0 saturated carbocycles. The van der Waals surface area contributed by atoms with Crippen LogP contribution < -0.4 is 0 Å². The molecule has 0 radical (unpaired) electrons. The number of aldehydes is 2. The summed E-state index contributed by atoms with van der Waals surface area (Å²) in [5.41, 5.74) is 2.80. The summed E-state index contributed by atoms with van der Waals surface area (Å²) in [6.45, 7) is 16.0. The van der Waals surface area contributed by atoms with Gasteiger partial charge < -0.3 is 14.3 Å². The Morgan fingerprint density at radius 2 is 1.28 bits per heavy atom. The van der Waals surface area contributed by atoms with E-state index in [2.05, 4.69) is 53.7 Å². The Labute approximate surface area is 181 Å². The van der Waals surface area contributed by atoms with Gasteiger partial charge in [-0.05, 0) is 78.1 Å². The molecule has 0 saturated heterocycles. The van der Waals surface area contributed by atoms with E-state index in [1.54, 1.807) is 0 Å². The Hall–Kier alpha value is -1.22. The Morgan fingerprint density at radius 1 is 0.759 bits per heavy atom. The molecule has 0 bridgehead atoms. The third kappa shape index (κ3) is 26.8. The number of hydrogen-bond acceptors (Lipinski definition) is 3. The van der Waals surface area contributed by atoms with Crippen LogP contribution in [0.25, 0.3) is 0 Å². The number of rotatable bonds is 16. The van der Waals surface area contributed by atoms with Crippen LogP contribution in [0.5, 0.6) is 0 Å². The van der Waals surface area contributed by atoms with Crippen LogP contribution in [0.3, 0.4) is 0 Å². The molecule has 0 aromatic rings. The maximum atomic E-state index is 10.4. The summed E-state index contributed by atoms with van der Waals surface area (Å²) in [5.74, 6) is 1.71. The fourth-order valence-electron chi connectivity index (χ4n) is 2.87. The van der Waals surface area contributed by atoms with Gasteiger partial charge >= 0.3 is 0 Å². The standard InChI is InChI=1S/C14H26O.C12H22O2/c1-12(2)7-5-8-13(3)9-6-10-14(4)11-15;1-11(2)5-4-6-12(3)7-9-14-10-8-13/h7,11,13-14H,5-6,8-10H2,1-4H3;5,8,12H,4,6-7,9-10H2,1-3H3. The first kappa shape index (κ1) is 30.0. The van der Waals surface area contributed by atoms with E-state index in [4.69, 9.17) is 4.74 Å². The van der Waals surface area contributed by atoms with Crippen molar-refractivity contribution < 1.29 is 14.3 Å². The van der Waals surface area contributed by atoms with Gasteiger partial charge in [-0.1, -0.05) is 56.9 Å². The van der Waals surface area contributed by atoms with Crippen LogP contribution in [0.2, 0.25) is 0 Å². The van der Waals surface area contributed by atoms with Crippen molar-refractivity contribution in [3.63, 3.8) is 0 Å². The number of carbonyl (C=O) groups is 2. The second-order valence-electron chi connectivity index (χ2n) is 9.00. The highest BCUT2D eigenvalue weighted by atomic mass is 16.5. The molecule has 0 N–H and O–H groups in total. The highest BCUT2D eigenvalue weighted by Gasteiger charge is 2.04. The zero-order valence-electron chi connectivity index (χ0n) is 20.3. The van der Waals surface area contributed by atoms with Gasteiger partial charge in [-0.3, -0.25) is 0 Å². The smallest absolute Gasteiger partial charge is 0.145 e. The molecule has 3 unspecified atom stereocenters. The number of hydrogen-bond donors (Lipinski definition) is 0. The van der Waals surface area contributed by atoms with Crippen LogP contribution in [-0.4, -0.2) is 25.8 Å². The lowest BCUT2D eigenvalue weighted by Crippen LogP contribution is -2.03. The summed E-state index contributed by atoms with van der Waals surface area (Å²) in [6.07, 6.45) is 15.8. The lowest BCUT2D eigenvalue weighted by atomic mass is 9.95. The summed E-state index contributed by atoms with van der Waals surface area (Å²) in [4.78, 5) is 20.4. The Balaban J connectivity index is 0. The van der Waals surface area contributed by atoms with E-state index in [0.29, 0.717) is 12.5 Å². The fraction of sp³-hybridized carbons (Fsp3) is 0.769. The molecular weight excluding hydrogens is 360 g/mol. The molecule has 0 amide bonds. The molecule has 0 rings (SSSR count). The van der Waals surface area contributed by atoms with E-state index in [1.165, 1.54) is 43.3 Å². The van der Waals surface area contributed by atoms with E-state index in [-0.39, 0.29) is 12.5 Å². The predicted octanol–water partition coefficient (Wildman–Crippen LogP) is 7.35. The molecule has 0 aliphatic rings. The van der Waals surface area contributed by atoms with Crippen molar-refractivity contribution in [1.82, 2.24) is 0 Å². The largest absolute Gasteiger partial charge is 0.374 e. The van der Waals surface area contributed by atoms with Gasteiger partial charge in [0.05, 0.1) is 0 Å². The molecule has 3 nitrogen and oxygen atoms in total. The van der Waals surface area contributed by atoms with Crippen molar-refractivity contribution in [3.8, 4) is 0 Å². The third-order valence-electron chi connectivity index (χ3n) is 4.95. The van der Waals surface area contributed by atoms with Crippen molar-refractivity contribution in [3.05, 3.63) is 23.3 Å². The van der Waals surface area contributed by atoms with Crippen LogP contribution >= 0.6 is 0 Å². The van der Waals surface area contributed by atoms with Gasteiger partial charge in [0.15, 0.2) is 0 Å². The lowest BCUT2D eigenvalue weighted by molar-refractivity contribution is -0.112. The van der Waals surface area contributed by atoms with Crippen LogP contribution in [-0.2, 0) is 14.3 Å². The Morgan fingerprint density at radius 3 is 1.72 bits per heavy atom. The predicted molar refractivity (Wildman–Crippen MR) is 126 cm³/mol. The first-order valence-corrected chi connectivity index (χ1v) is 11.5. The zero-order valence-corrected chi connectivity index (χ0v) is 20.3. The van der Waals surface area contributed by atoms with Crippen LogP contribution in [0.15, 0.2) is 23.3 Å². The SMILES string of the molecule is CC(C)=CCCC(C)CCCC(C)C=O.CC(C)=CCCC(C)CCOCC=O. The average molecular weight is 409 g/mol. The molecule has 3 atom stereocenters. The molecule has 0 aromatic carbocycles. The molecule has 0 heterocycles. The Kier molecular flexibility index (Phi) is 22.2. The van der Waals surface area contributed by atoms with Gasteiger partial charge in [-0.2, -0.15) is 0 Å². The number of ether oxygens (including phenoxy) is 1. The average Bonchev–Trinajstić information content (AvgIpc) is 2.65. The molecule has 0 fully saturated rings. The van der Waals surface area contributed by atoms with Crippen molar-refractivity contribution in [2.24, 2.45) is 17.8 Å². The van der Waals surface area contributed by atoms with Crippen molar-refractivity contribution in [2.75, 3.05) is 13.2 Å². The van der Waals surface area contributed by atoms with E-state index in [0.717, 1.165) is 37.8 Å². The van der Waals surface area contributed by atoms with Crippen molar-refractivity contribution >= 4 is 12.6 Å². The highest BCUT2D eigenvalue weighted by Crippen LogP contribution is 2.16. The molecule has 3 heteroatoms. The van der Waals surface area contributed by atoms with Crippen molar-refractivity contribution in [2.45, 2.75) is 99.8 Å². The second-order valence-corrected chi connectivity index (χ2v) is 9.00. The molecular formula is C26H48O3. The minimum absolute atomic E-state index is 0.237. The maximum Gasteiger partial charge on any atom is 0.145 e. The summed E-state index contributed by atoms with van der Waals surface area (Å²) < 4.78 is 5.10. The minimum Gasteiger partial charge on any atom is -0.374 e. The van der Waals surface area contributed by atoms with Gasteiger partial charge in [0, 0.05) is 12.5 Å². The lowest BCUT2D eigenvalue weighted by Gasteiger charge is -2.10. The van der Waals surface area contributed by atoms with Crippen molar-refractivity contribution in [1.29, 1.82) is 0 Å². The Bertz CT molecular complexity index is 443. The molecule has 0 aromatic heterocycles. The van der Waals surface area contributed by atoms with Gasteiger partial charge in [-0.15, -0.1) is 0 Å². The summed E-state index contributed by atoms with van der Waals surface area (Å²) in [6, 6.07) is 0. The number of carbonyl (C=O) groups excluding carboxylic acids is 2. The van der Waals surface area contributed by atoms with Crippen LogP contribution in [0.1, 0.15) is 99.8 Å². The van der Waals surface area contributed by atoms with Gasteiger partial charge in [0.25, 0.3) is 0 Å². The van der Waals surface area contributed by atoms with E-state index >= 15 is 0 Å². The van der Waals surface area contributed by atoms with E-state index in [1.807, 2.05) is 6.92 Å². The summed E-state index contributed by atoms with van der Waals surface area (Å²) in [5, 5.41) is 0. The second kappa shape index (κ2) is 21.5. The van der Waals surface area contributed by atoms with E-state index in [9.17, 15) is 9.59 Å². The van der Waals surface area contributed by atoms with Gasteiger partial charge in [0.1, 0.15) is 19.2 Å². The quantitative estimate of drug-likeness (QED) is 0.152. The fourth-order valence-corrected chi connectivity index (χ4v) is 2.87. The zero-order chi connectivity index (χ0) is 22.5. The summed E-state index contributed by atoms with van der Waals surface area (Å²) in [7, 11) is 0.